The zero-order chi connectivity index (χ0) is 22.4. The van der Waals surface area contributed by atoms with Crippen molar-refractivity contribution in [3.8, 4) is 0 Å². The van der Waals surface area contributed by atoms with Crippen LogP contribution in [-0.4, -0.2) is 25.8 Å². The van der Waals surface area contributed by atoms with Crippen LogP contribution in [-0.2, 0) is 26.0 Å². The molecule has 3 aromatic carbocycles. The van der Waals surface area contributed by atoms with Gasteiger partial charge in [-0.25, -0.2) is 8.42 Å². The second-order valence-corrected chi connectivity index (χ2v) is 10.9. The highest BCUT2D eigenvalue weighted by Crippen LogP contribution is 2.50. The van der Waals surface area contributed by atoms with Gasteiger partial charge in [0.2, 0.25) is 10.0 Å². The molecule has 2 atom stereocenters. The fourth-order valence-electron chi connectivity index (χ4n) is 5.06. The Morgan fingerprint density at radius 1 is 0.781 bits per heavy atom. The Hall–Kier alpha value is -2.73. The third-order valence-electron chi connectivity index (χ3n) is 6.49. The van der Waals surface area contributed by atoms with Crippen LogP contribution in [0.5, 0.6) is 0 Å². The highest BCUT2D eigenvalue weighted by Gasteiger charge is 2.54. The lowest BCUT2D eigenvalue weighted by atomic mass is 9.77. The number of fused-ring (bicyclic) bond motifs is 2. The van der Waals surface area contributed by atoms with Gasteiger partial charge in [-0.1, -0.05) is 83.9 Å². The van der Waals surface area contributed by atoms with Crippen LogP contribution in [0, 0.1) is 6.92 Å². The number of aryl methyl sites for hydroxylation is 1. The molecule has 2 aliphatic rings. The average Bonchev–Trinajstić information content (AvgIpc) is 2.80. The fraction of sp³-hybridized carbons (Fsp3) is 0.259. The van der Waals surface area contributed by atoms with Gasteiger partial charge < -0.3 is 4.74 Å². The third-order valence-corrected chi connectivity index (χ3v) is 8.29. The van der Waals surface area contributed by atoms with Crippen LogP contribution in [0.2, 0.25) is 0 Å². The van der Waals surface area contributed by atoms with E-state index in [2.05, 4.69) is 13.0 Å². The van der Waals surface area contributed by atoms with E-state index in [0.717, 1.165) is 16.7 Å². The molecule has 0 spiro atoms. The first kappa shape index (κ1) is 21.1. The normalized spacial score (nSPS) is 25.9. The molecular weight excluding hydrogens is 418 g/mol. The van der Waals surface area contributed by atoms with Gasteiger partial charge >= 0.3 is 0 Å². The number of nitrogens with zero attached hydrogens (tertiary/aromatic N) is 1. The van der Waals surface area contributed by atoms with Crippen LogP contribution in [0.15, 0.2) is 101 Å². The lowest BCUT2D eigenvalue weighted by Gasteiger charge is -2.54. The van der Waals surface area contributed by atoms with Crippen molar-refractivity contribution in [2.24, 2.45) is 0 Å². The molecule has 32 heavy (non-hydrogen) atoms. The highest BCUT2D eigenvalue weighted by molar-refractivity contribution is 7.89. The van der Waals surface area contributed by atoms with E-state index in [4.69, 9.17) is 4.74 Å². The van der Waals surface area contributed by atoms with E-state index in [9.17, 15) is 8.42 Å². The van der Waals surface area contributed by atoms with Gasteiger partial charge in [-0.2, -0.15) is 4.31 Å². The van der Waals surface area contributed by atoms with Gasteiger partial charge in [0.25, 0.3) is 0 Å². The van der Waals surface area contributed by atoms with Gasteiger partial charge in [0.15, 0.2) is 0 Å². The zero-order valence-electron chi connectivity index (χ0n) is 18.4. The van der Waals surface area contributed by atoms with Gasteiger partial charge in [0, 0.05) is 13.0 Å². The van der Waals surface area contributed by atoms with E-state index < -0.39 is 21.2 Å². The smallest absolute Gasteiger partial charge is 0.243 e. The van der Waals surface area contributed by atoms with E-state index in [1.54, 1.807) is 16.4 Å². The summed E-state index contributed by atoms with van der Waals surface area (Å²) in [6.07, 6.45) is 2.76. The number of ether oxygens (including phenoxy) is 1. The second-order valence-electron chi connectivity index (χ2n) is 8.97. The van der Waals surface area contributed by atoms with Gasteiger partial charge in [-0.3, -0.25) is 0 Å². The molecule has 0 saturated carbocycles. The van der Waals surface area contributed by atoms with Gasteiger partial charge in [-0.05, 0) is 43.2 Å². The van der Waals surface area contributed by atoms with Crippen LogP contribution >= 0.6 is 0 Å². The summed E-state index contributed by atoms with van der Waals surface area (Å²) in [7, 11) is -3.71. The molecule has 3 aromatic rings. The topological polar surface area (TPSA) is 46.6 Å². The molecule has 0 aliphatic carbocycles. The summed E-state index contributed by atoms with van der Waals surface area (Å²) in [5.74, 6) is 0. The third kappa shape index (κ3) is 3.51. The summed E-state index contributed by atoms with van der Waals surface area (Å²) in [5, 5.41) is 0. The first-order valence-corrected chi connectivity index (χ1v) is 12.3. The largest absolute Gasteiger partial charge is 0.352 e. The monoisotopic (exact) mass is 445 g/mol. The second kappa shape index (κ2) is 7.69. The molecule has 0 aromatic heterocycles. The number of rotatable bonds is 4. The number of sulfonamides is 1. The Morgan fingerprint density at radius 2 is 1.38 bits per heavy atom. The molecular formula is C27H27NO3S. The van der Waals surface area contributed by atoms with Crippen molar-refractivity contribution in [1.82, 2.24) is 4.31 Å². The minimum absolute atomic E-state index is 0.235. The first-order chi connectivity index (χ1) is 15.3. The van der Waals surface area contributed by atoms with Crippen LogP contribution in [0.4, 0.5) is 0 Å². The van der Waals surface area contributed by atoms with Crippen molar-refractivity contribution < 1.29 is 13.2 Å². The number of morpholine rings is 1. The Balaban J connectivity index is 1.69. The molecule has 4 nitrogen and oxygen atoms in total. The van der Waals surface area contributed by atoms with Crippen molar-refractivity contribution in [3.05, 3.63) is 113 Å². The fourth-order valence-corrected chi connectivity index (χ4v) is 6.58. The average molecular weight is 446 g/mol. The van der Waals surface area contributed by atoms with E-state index in [1.807, 2.05) is 79.7 Å². The Morgan fingerprint density at radius 3 is 2.00 bits per heavy atom. The molecule has 2 heterocycles. The van der Waals surface area contributed by atoms with Gasteiger partial charge in [0.1, 0.15) is 11.2 Å². The lowest BCUT2D eigenvalue weighted by molar-refractivity contribution is -0.195. The predicted octanol–water partition coefficient (Wildman–Crippen LogP) is 5.16. The SMILES string of the molecule is CC1=C[C@]2(c3ccccc3)CN(S(=O)(=O)c3ccc(C)cc3)C[C@](c3ccccc3)(C1)O2. The van der Waals surface area contributed by atoms with Crippen molar-refractivity contribution >= 4 is 10.0 Å². The molecule has 0 amide bonds. The standard InChI is InChI=1S/C27H27NO3S/c1-21-13-15-25(16-14-21)32(29,30)28-19-26(23-9-5-3-6-10-23)17-22(2)18-27(20-28,31-26)24-11-7-4-8-12-24/h3-17H,18-20H2,1-2H3/t26-,27+/m1/s1. The van der Waals surface area contributed by atoms with E-state index in [1.165, 1.54) is 5.57 Å². The maximum Gasteiger partial charge on any atom is 0.243 e. The summed E-state index contributed by atoms with van der Waals surface area (Å²) < 4.78 is 36.2. The molecule has 164 valence electrons. The summed E-state index contributed by atoms with van der Waals surface area (Å²) in [5.41, 5.74) is 2.58. The number of hydrogen-bond donors (Lipinski definition) is 0. The van der Waals surface area contributed by atoms with Crippen LogP contribution < -0.4 is 0 Å². The predicted molar refractivity (Wildman–Crippen MR) is 126 cm³/mol. The minimum Gasteiger partial charge on any atom is -0.352 e. The van der Waals surface area contributed by atoms with Gasteiger partial charge in [0.05, 0.1) is 11.4 Å². The summed E-state index contributed by atoms with van der Waals surface area (Å²) in [4.78, 5) is 0.315. The quantitative estimate of drug-likeness (QED) is 0.522. The Bertz CT molecular complexity index is 1250. The molecule has 5 rings (SSSR count). The summed E-state index contributed by atoms with van der Waals surface area (Å²) in [6, 6.07) is 27.1. The van der Waals surface area contributed by atoms with Crippen LogP contribution in [0.3, 0.4) is 0 Å². The van der Waals surface area contributed by atoms with Crippen molar-refractivity contribution in [2.45, 2.75) is 36.4 Å². The zero-order valence-corrected chi connectivity index (χ0v) is 19.2. The molecule has 0 radical (unpaired) electrons. The Labute approximate surface area is 190 Å². The maximum atomic E-state index is 13.8. The molecule has 0 unspecified atom stereocenters. The minimum atomic E-state index is -3.71. The molecule has 2 aliphatic heterocycles. The van der Waals surface area contributed by atoms with Gasteiger partial charge in [-0.15, -0.1) is 0 Å². The summed E-state index contributed by atoms with van der Waals surface area (Å²) >= 11 is 0. The maximum absolute atomic E-state index is 13.8. The summed E-state index contributed by atoms with van der Waals surface area (Å²) in [6.45, 7) is 4.58. The molecule has 1 fully saturated rings. The molecule has 0 N–H and O–H groups in total. The number of benzene rings is 3. The van der Waals surface area contributed by atoms with Crippen LogP contribution in [0.25, 0.3) is 0 Å². The first-order valence-electron chi connectivity index (χ1n) is 10.9. The van der Waals surface area contributed by atoms with Crippen LogP contribution in [0.1, 0.15) is 30.0 Å². The molecule has 2 bridgehead atoms. The number of hydrogen-bond acceptors (Lipinski definition) is 3. The molecule has 1 saturated heterocycles. The molecule has 5 heteroatoms. The van der Waals surface area contributed by atoms with E-state index in [0.29, 0.717) is 11.3 Å². The lowest BCUT2D eigenvalue weighted by Crippen LogP contribution is -2.61. The Kier molecular flexibility index (Phi) is 5.08. The van der Waals surface area contributed by atoms with Crippen molar-refractivity contribution in [2.75, 3.05) is 13.1 Å². The van der Waals surface area contributed by atoms with E-state index >= 15 is 0 Å². The van der Waals surface area contributed by atoms with Crippen molar-refractivity contribution in [1.29, 1.82) is 0 Å². The van der Waals surface area contributed by atoms with E-state index in [-0.39, 0.29) is 13.1 Å². The highest BCUT2D eigenvalue weighted by atomic mass is 32.2. The van der Waals surface area contributed by atoms with Crippen molar-refractivity contribution in [3.63, 3.8) is 0 Å².